The number of carbonyl (C=O) groups excluding carboxylic acids is 1. The number of ether oxygens (including phenoxy) is 1. The molecular weight excluding hydrogens is 399 g/mol. The fraction of sp³-hybridized carbons (Fsp3) is 0.273. The Morgan fingerprint density at radius 3 is 2.74 bits per heavy atom. The third kappa shape index (κ3) is 3.73. The lowest BCUT2D eigenvalue weighted by molar-refractivity contribution is 0.0785. The first-order valence-corrected chi connectivity index (χ1v) is 9.75. The largest absolute Gasteiger partial charge is 0.481 e. The standard InChI is InChI=1S/C22H21FN6O2/c1-13-20(22(30)28-9-8-15(24)12-28)27-21(14-4-6-18(25-2)17(23)10-14)29(13)16-5-7-19(31-3)26-11-16/h4-7,10-11,15H,8-9,12,24H2,1,3H3/t15-/m0/s1. The molecule has 0 radical (unpaired) electrons. The number of aromatic nitrogens is 3. The Morgan fingerprint density at radius 1 is 1.35 bits per heavy atom. The Bertz CT molecular complexity index is 1180. The maximum absolute atomic E-state index is 14.4. The Hall–Kier alpha value is -3.77. The monoisotopic (exact) mass is 420 g/mol. The number of carbonyl (C=O) groups is 1. The number of benzene rings is 1. The van der Waals surface area contributed by atoms with Crippen LogP contribution in [-0.2, 0) is 0 Å². The van der Waals surface area contributed by atoms with E-state index in [1.165, 1.54) is 19.2 Å². The number of likely N-dealkylation sites (tertiary alicyclic amines) is 1. The van der Waals surface area contributed by atoms with Crippen molar-refractivity contribution < 1.29 is 13.9 Å². The molecule has 31 heavy (non-hydrogen) atoms. The van der Waals surface area contributed by atoms with Crippen molar-refractivity contribution in [3.8, 4) is 23.0 Å². The topological polar surface area (TPSA) is 90.6 Å². The summed E-state index contributed by atoms with van der Waals surface area (Å²) >= 11 is 0. The Labute approximate surface area is 178 Å². The molecule has 0 saturated carbocycles. The second kappa shape index (κ2) is 8.16. The first-order valence-electron chi connectivity index (χ1n) is 9.75. The molecule has 158 valence electrons. The van der Waals surface area contributed by atoms with Crippen LogP contribution >= 0.6 is 0 Å². The van der Waals surface area contributed by atoms with Gasteiger partial charge in [0.25, 0.3) is 5.91 Å². The maximum Gasteiger partial charge on any atom is 0.274 e. The first kappa shape index (κ1) is 20.5. The summed E-state index contributed by atoms with van der Waals surface area (Å²) in [5.41, 5.74) is 7.85. The van der Waals surface area contributed by atoms with Crippen molar-refractivity contribution in [2.75, 3.05) is 20.2 Å². The lowest BCUT2D eigenvalue weighted by atomic mass is 10.2. The Morgan fingerprint density at radius 2 is 2.16 bits per heavy atom. The lowest BCUT2D eigenvalue weighted by Crippen LogP contribution is -2.32. The van der Waals surface area contributed by atoms with Gasteiger partial charge in [0.15, 0.2) is 0 Å². The van der Waals surface area contributed by atoms with Gasteiger partial charge in [0, 0.05) is 30.8 Å². The molecule has 2 aromatic heterocycles. The van der Waals surface area contributed by atoms with E-state index in [9.17, 15) is 9.18 Å². The maximum atomic E-state index is 14.4. The number of nitrogens with two attached hydrogens (primary N) is 1. The minimum absolute atomic E-state index is 0.0492. The highest BCUT2D eigenvalue weighted by Crippen LogP contribution is 2.30. The summed E-state index contributed by atoms with van der Waals surface area (Å²) in [7, 11) is 1.52. The summed E-state index contributed by atoms with van der Waals surface area (Å²) in [5.74, 6) is -0.0410. The highest BCUT2D eigenvalue weighted by molar-refractivity contribution is 5.94. The lowest BCUT2D eigenvalue weighted by Gasteiger charge is -2.15. The number of amides is 1. The molecule has 9 heteroatoms. The average Bonchev–Trinajstić information content (AvgIpc) is 3.36. The number of pyridine rings is 1. The number of hydrogen-bond donors (Lipinski definition) is 1. The van der Waals surface area contributed by atoms with Crippen molar-refractivity contribution >= 4 is 11.6 Å². The third-order valence-electron chi connectivity index (χ3n) is 5.34. The minimum atomic E-state index is -0.647. The quantitative estimate of drug-likeness (QED) is 0.655. The van der Waals surface area contributed by atoms with Gasteiger partial charge in [0.1, 0.15) is 17.3 Å². The molecular formula is C22H21FN6O2. The minimum Gasteiger partial charge on any atom is -0.481 e. The van der Waals surface area contributed by atoms with E-state index in [1.54, 1.807) is 40.8 Å². The second-order valence-corrected chi connectivity index (χ2v) is 7.34. The van der Waals surface area contributed by atoms with Crippen molar-refractivity contribution in [2.45, 2.75) is 19.4 Å². The van der Waals surface area contributed by atoms with E-state index in [-0.39, 0.29) is 23.3 Å². The Balaban J connectivity index is 1.86. The molecule has 1 saturated heterocycles. The smallest absolute Gasteiger partial charge is 0.274 e. The molecule has 1 aromatic carbocycles. The van der Waals surface area contributed by atoms with Gasteiger partial charge in [-0.25, -0.2) is 19.2 Å². The van der Waals surface area contributed by atoms with Crippen LogP contribution in [0.1, 0.15) is 22.6 Å². The summed E-state index contributed by atoms with van der Waals surface area (Å²) in [6.07, 6.45) is 2.34. The third-order valence-corrected chi connectivity index (χ3v) is 5.34. The van der Waals surface area contributed by atoms with Gasteiger partial charge in [-0.05, 0) is 25.5 Å². The van der Waals surface area contributed by atoms with Gasteiger partial charge in [-0.2, -0.15) is 0 Å². The zero-order chi connectivity index (χ0) is 22.1. The highest BCUT2D eigenvalue weighted by atomic mass is 19.1. The molecule has 1 fully saturated rings. The molecule has 2 N–H and O–H groups in total. The molecule has 1 amide bonds. The van der Waals surface area contributed by atoms with Crippen LogP contribution < -0.4 is 10.5 Å². The summed E-state index contributed by atoms with van der Waals surface area (Å²) in [5, 5.41) is 0. The fourth-order valence-electron chi connectivity index (χ4n) is 3.70. The van der Waals surface area contributed by atoms with Crippen LogP contribution in [0.2, 0.25) is 0 Å². The van der Waals surface area contributed by atoms with Crippen LogP contribution in [0.15, 0.2) is 36.5 Å². The Kier molecular flexibility index (Phi) is 5.40. The van der Waals surface area contributed by atoms with Crippen LogP contribution in [-0.4, -0.2) is 51.6 Å². The molecule has 0 spiro atoms. The van der Waals surface area contributed by atoms with Crippen LogP contribution in [0.4, 0.5) is 10.1 Å². The summed E-state index contributed by atoms with van der Waals surface area (Å²) in [6, 6.07) is 7.70. The molecule has 8 nitrogen and oxygen atoms in total. The van der Waals surface area contributed by atoms with Gasteiger partial charge in [0.05, 0.1) is 31.3 Å². The molecule has 0 aliphatic carbocycles. The molecule has 4 rings (SSSR count). The van der Waals surface area contributed by atoms with E-state index in [0.29, 0.717) is 41.7 Å². The van der Waals surface area contributed by atoms with Crippen LogP contribution in [0.5, 0.6) is 5.88 Å². The highest BCUT2D eigenvalue weighted by Gasteiger charge is 2.29. The molecule has 1 atom stereocenters. The number of imidazole rings is 1. The van der Waals surface area contributed by atoms with Gasteiger partial charge in [-0.15, -0.1) is 0 Å². The van der Waals surface area contributed by atoms with Gasteiger partial charge in [0.2, 0.25) is 11.6 Å². The van der Waals surface area contributed by atoms with E-state index < -0.39 is 5.82 Å². The molecule has 1 aliphatic rings. The number of hydrogen-bond acceptors (Lipinski definition) is 5. The van der Waals surface area contributed by atoms with Crippen molar-refractivity contribution in [1.29, 1.82) is 0 Å². The van der Waals surface area contributed by atoms with Crippen molar-refractivity contribution in [3.05, 3.63) is 65.2 Å². The number of halogens is 1. The van der Waals surface area contributed by atoms with Gasteiger partial charge in [-0.1, -0.05) is 12.1 Å². The molecule has 1 aliphatic heterocycles. The summed E-state index contributed by atoms with van der Waals surface area (Å²) in [4.78, 5) is 26.8. The van der Waals surface area contributed by atoms with Crippen LogP contribution in [0.25, 0.3) is 21.9 Å². The van der Waals surface area contributed by atoms with Crippen molar-refractivity contribution in [3.63, 3.8) is 0 Å². The van der Waals surface area contributed by atoms with E-state index >= 15 is 0 Å². The number of methoxy groups -OCH3 is 1. The van der Waals surface area contributed by atoms with Crippen LogP contribution in [0, 0.1) is 19.3 Å². The fourth-order valence-corrected chi connectivity index (χ4v) is 3.70. The predicted octanol–water partition coefficient (Wildman–Crippen LogP) is 3.11. The van der Waals surface area contributed by atoms with Crippen molar-refractivity contribution in [2.24, 2.45) is 5.73 Å². The second-order valence-electron chi connectivity index (χ2n) is 7.34. The SMILES string of the molecule is [C-]#[N+]c1ccc(-c2nc(C(=O)N3CC[C@H](N)C3)c(C)n2-c2ccc(OC)nc2)cc1F. The molecule has 3 aromatic rings. The van der Waals surface area contributed by atoms with E-state index in [2.05, 4.69) is 14.8 Å². The van der Waals surface area contributed by atoms with Gasteiger partial charge in [-0.3, -0.25) is 9.36 Å². The number of rotatable bonds is 4. The van der Waals surface area contributed by atoms with E-state index in [1.807, 2.05) is 0 Å². The van der Waals surface area contributed by atoms with Gasteiger partial charge < -0.3 is 15.4 Å². The zero-order valence-corrected chi connectivity index (χ0v) is 17.2. The normalized spacial score (nSPS) is 15.7. The summed E-state index contributed by atoms with van der Waals surface area (Å²) in [6.45, 7) is 9.89. The molecule has 0 bridgehead atoms. The van der Waals surface area contributed by atoms with E-state index in [0.717, 1.165) is 6.42 Å². The van der Waals surface area contributed by atoms with Gasteiger partial charge >= 0.3 is 0 Å². The first-order chi connectivity index (χ1) is 14.9. The number of nitrogens with zero attached hydrogens (tertiary/aromatic N) is 5. The molecule has 3 heterocycles. The van der Waals surface area contributed by atoms with E-state index in [4.69, 9.17) is 17.0 Å². The average molecular weight is 420 g/mol. The predicted molar refractivity (Wildman–Crippen MR) is 113 cm³/mol. The van der Waals surface area contributed by atoms with Crippen molar-refractivity contribution in [1.82, 2.24) is 19.4 Å². The zero-order valence-electron chi connectivity index (χ0n) is 17.2. The summed E-state index contributed by atoms with van der Waals surface area (Å²) < 4.78 is 21.2. The van der Waals surface area contributed by atoms with Crippen LogP contribution in [0.3, 0.4) is 0 Å². The molecule has 0 unspecified atom stereocenters.